The van der Waals surface area contributed by atoms with Crippen molar-refractivity contribution < 1.29 is 28.2 Å². The van der Waals surface area contributed by atoms with E-state index in [4.69, 9.17) is 10.8 Å². The highest BCUT2D eigenvalue weighted by Crippen LogP contribution is 2.23. The molecule has 0 spiro atoms. The largest absolute Gasteiger partial charge is 0.480 e. The van der Waals surface area contributed by atoms with E-state index >= 15 is 0 Å². The van der Waals surface area contributed by atoms with Crippen molar-refractivity contribution in [2.24, 2.45) is 5.73 Å². The minimum atomic E-state index is -2.98. The topological polar surface area (TPSA) is 92.9 Å². The number of ether oxygens (including phenoxy) is 1. The van der Waals surface area contributed by atoms with Gasteiger partial charge in [0.25, 0.3) is 5.91 Å². The number of hydrogen-bond acceptors (Lipinski definition) is 4. The molecule has 1 aromatic rings. The smallest absolute Gasteiger partial charge is 0.387 e. The minimum Gasteiger partial charge on any atom is -0.480 e. The first-order valence-electron chi connectivity index (χ1n) is 6.18. The molecule has 2 rings (SSSR count). The van der Waals surface area contributed by atoms with E-state index in [-0.39, 0.29) is 30.8 Å². The number of nitrogens with two attached hydrogens (primary N) is 1. The molecule has 0 aromatic heterocycles. The summed E-state index contributed by atoms with van der Waals surface area (Å²) in [6.45, 7) is -2.91. The van der Waals surface area contributed by atoms with Crippen LogP contribution in [0.2, 0.25) is 0 Å². The number of likely N-dealkylation sites (tertiary alicyclic amines) is 1. The summed E-state index contributed by atoms with van der Waals surface area (Å²) in [6, 6.07) is 5.34. The lowest BCUT2D eigenvalue weighted by molar-refractivity contribution is -0.142. The first-order valence-corrected chi connectivity index (χ1v) is 6.18. The Morgan fingerprint density at radius 1 is 1.43 bits per heavy atom. The first-order chi connectivity index (χ1) is 9.82. The summed E-state index contributed by atoms with van der Waals surface area (Å²) < 4.78 is 28.5. The summed E-state index contributed by atoms with van der Waals surface area (Å²) in [4.78, 5) is 24.6. The standard InChI is InChI=1S/C13H14F2N2O4/c14-12(15)21-9-3-1-2-8(6-9)10(18)17-5-4-13(16,7-17)11(19)20/h1-3,6,12H,4-5,7,16H2,(H,19,20). The van der Waals surface area contributed by atoms with Gasteiger partial charge in [-0.25, -0.2) is 0 Å². The van der Waals surface area contributed by atoms with Gasteiger partial charge in [-0.3, -0.25) is 9.59 Å². The van der Waals surface area contributed by atoms with Crippen LogP contribution < -0.4 is 10.5 Å². The van der Waals surface area contributed by atoms with E-state index in [1.54, 1.807) is 0 Å². The van der Waals surface area contributed by atoms with Gasteiger partial charge in [0, 0.05) is 18.7 Å². The Kier molecular flexibility index (Phi) is 4.08. The predicted molar refractivity (Wildman–Crippen MR) is 68.1 cm³/mol. The van der Waals surface area contributed by atoms with Gasteiger partial charge in [0.1, 0.15) is 11.3 Å². The monoisotopic (exact) mass is 300 g/mol. The Bertz CT molecular complexity index is 567. The van der Waals surface area contributed by atoms with E-state index in [2.05, 4.69) is 4.74 Å². The fourth-order valence-electron chi connectivity index (χ4n) is 2.17. The van der Waals surface area contributed by atoms with Gasteiger partial charge in [-0.1, -0.05) is 6.07 Å². The Balaban J connectivity index is 2.13. The molecule has 1 aromatic carbocycles. The van der Waals surface area contributed by atoms with Crippen LogP contribution in [0.15, 0.2) is 24.3 Å². The third-order valence-corrected chi connectivity index (χ3v) is 3.32. The summed E-state index contributed by atoms with van der Waals surface area (Å²) in [6.07, 6.45) is 0.140. The van der Waals surface area contributed by atoms with Crippen LogP contribution in [0.5, 0.6) is 5.75 Å². The van der Waals surface area contributed by atoms with Gasteiger partial charge in [-0.05, 0) is 24.6 Å². The number of aliphatic carboxylic acids is 1. The van der Waals surface area contributed by atoms with Crippen molar-refractivity contribution in [1.82, 2.24) is 4.90 Å². The quantitative estimate of drug-likeness (QED) is 0.862. The highest BCUT2D eigenvalue weighted by Gasteiger charge is 2.43. The Morgan fingerprint density at radius 3 is 2.71 bits per heavy atom. The van der Waals surface area contributed by atoms with E-state index in [0.717, 1.165) is 0 Å². The number of carboxylic acid groups (broad SMARTS) is 1. The molecule has 0 saturated carbocycles. The molecule has 1 atom stereocenters. The molecule has 8 heteroatoms. The lowest BCUT2D eigenvalue weighted by Gasteiger charge is -2.20. The van der Waals surface area contributed by atoms with Crippen LogP contribution in [0.1, 0.15) is 16.8 Å². The number of nitrogens with zero attached hydrogens (tertiary/aromatic N) is 1. The number of carboxylic acids is 1. The van der Waals surface area contributed by atoms with Gasteiger partial charge in [-0.2, -0.15) is 8.78 Å². The third kappa shape index (κ3) is 3.27. The molecule has 1 amide bonds. The molecule has 3 N–H and O–H groups in total. The molecular formula is C13H14F2N2O4. The van der Waals surface area contributed by atoms with Gasteiger partial charge >= 0.3 is 12.6 Å². The van der Waals surface area contributed by atoms with Crippen LogP contribution in [0.3, 0.4) is 0 Å². The average Bonchev–Trinajstić information content (AvgIpc) is 2.81. The zero-order chi connectivity index (χ0) is 15.6. The SMILES string of the molecule is NC1(C(=O)O)CCN(C(=O)c2cccc(OC(F)F)c2)C1. The molecule has 1 aliphatic rings. The number of alkyl halides is 2. The highest BCUT2D eigenvalue weighted by atomic mass is 19.3. The second-order valence-electron chi connectivity index (χ2n) is 4.84. The molecule has 0 aliphatic carbocycles. The van der Waals surface area contributed by atoms with Gasteiger partial charge in [-0.15, -0.1) is 0 Å². The van der Waals surface area contributed by atoms with Crippen LogP contribution in [0, 0.1) is 0 Å². The molecule has 1 fully saturated rings. The molecule has 1 unspecified atom stereocenters. The highest BCUT2D eigenvalue weighted by molar-refractivity contribution is 5.95. The number of hydrogen-bond donors (Lipinski definition) is 2. The van der Waals surface area contributed by atoms with Crippen molar-refractivity contribution in [2.75, 3.05) is 13.1 Å². The van der Waals surface area contributed by atoms with E-state index < -0.39 is 24.0 Å². The predicted octanol–water partition coefficient (Wildman–Crippen LogP) is 0.916. The Hall–Kier alpha value is -2.22. The molecule has 0 bridgehead atoms. The van der Waals surface area contributed by atoms with Gasteiger partial charge in [0.05, 0.1) is 0 Å². The molecule has 1 saturated heterocycles. The number of rotatable bonds is 4. The van der Waals surface area contributed by atoms with Crippen molar-refractivity contribution >= 4 is 11.9 Å². The lowest BCUT2D eigenvalue weighted by Crippen LogP contribution is -2.50. The van der Waals surface area contributed by atoms with Crippen molar-refractivity contribution in [3.63, 3.8) is 0 Å². The average molecular weight is 300 g/mol. The number of carbonyl (C=O) groups is 2. The van der Waals surface area contributed by atoms with Crippen molar-refractivity contribution in [3.8, 4) is 5.75 Å². The van der Waals surface area contributed by atoms with Crippen LogP contribution in [0.25, 0.3) is 0 Å². The zero-order valence-corrected chi connectivity index (χ0v) is 11.0. The van der Waals surface area contributed by atoms with E-state index in [1.165, 1.54) is 29.2 Å². The van der Waals surface area contributed by atoms with Crippen molar-refractivity contribution in [3.05, 3.63) is 29.8 Å². The summed E-state index contributed by atoms with van der Waals surface area (Å²) in [5.41, 5.74) is 4.36. The number of amides is 1. The van der Waals surface area contributed by atoms with E-state index in [1.807, 2.05) is 0 Å². The second-order valence-corrected chi connectivity index (χ2v) is 4.84. The molecule has 21 heavy (non-hydrogen) atoms. The lowest BCUT2D eigenvalue weighted by atomic mass is 10.0. The number of halogens is 2. The van der Waals surface area contributed by atoms with Crippen LogP contribution >= 0.6 is 0 Å². The summed E-state index contributed by atoms with van der Waals surface area (Å²) in [5.74, 6) is -1.77. The zero-order valence-electron chi connectivity index (χ0n) is 11.0. The number of benzene rings is 1. The maximum atomic E-state index is 12.2. The summed E-state index contributed by atoms with van der Waals surface area (Å²) in [5, 5.41) is 9.02. The maximum Gasteiger partial charge on any atom is 0.387 e. The molecule has 6 nitrogen and oxygen atoms in total. The molecular weight excluding hydrogens is 286 g/mol. The fraction of sp³-hybridized carbons (Fsp3) is 0.385. The molecule has 1 heterocycles. The summed E-state index contributed by atoms with van der Waals surface area (Å²) >= 11 is 0. The van der Waals surface area contributed by atoms with Gasteiger partial charge in [0.2, 0.25) is 0 Å². The van der Waals surface area contributed by atoms with E-state index in [9.17, 15) is 18.4 Å². The van der Waals surface area contributed by atoms with Crippen LogP contribution in [0.4, 0.5) is 8.78 Å². The van der Waals surface area contributed by atoms with Gasteiger partial charge < -0.3 is 20.5 Å². The van der Waals surface area contributed by atoms with Gasteiger partial charge in [0.15, 0.2) is 0 Å². The fourth-order valence-corrected chi connectivity index (χ4v) is 2.17. The first kappa shape index (κ1) is 15.2. The second kappa shape index (κ2) is 5.65. The summed E-state index contributed by atoms with van der Waals surface area (Å²) in [7, 11) is 0. The van der Waals surface area contributed by atoms with Crippen molar-refractivity contribution in [1.29, 1.82) is 0 Å². The maximum absolute atomic E-state index is 12.2. The number of carbonyl (C=O) groups excluding carboxylic acids is 1. The van der Waals surface area contributed by atoms with Crippen molar-refractivity contribution in [2.45, 2.75) is 18.6 Å². The Morgan fingerprint density at radius 2 is 2.14 bits per heavy atom. The molecule has 0 radical (unpaired) electrons. The molecule has 114 valence electrons. The minimum absolute atomic E-state index is 0.124. The molecule has 1 aliphatic heterocycles. The normalized spacial score (nSPS) is 21.6. The van der Waals surface area contributed by atoms with Crippen LogP contribution in [-0.4, -0.2) is 47.1 Å². The Labute approximate surface area is 119 Å². The van der Waals surface area contributed by atoms with Crippen LogP contribution in [-0.2, 0) is 4.79 Å². The third-order valence-electron chi connectivity index (χ3n) is 3.32. The van der Waals surface area contributed by atoms with E-state index in [0.29, 0.717) is 0 Å².